The van der Waals surface area contributed by atoms with Crippen LogP contribution >= 0.6 is 15.9 Å². The molecule has 1 heterocycles. The van der Waals surface area contributed by atoms with Crippen LogP contribution in [0.5, 0.6) is 0 Å². The van der Waals surface area contributed by atoms with Crippen LogP contribution in [-0.4, -0.2) is 4.98 Å². The van der Waals surface area contributed by atoms with Crippen LogP contribution in [0.4, 0.5) is 5.69 Å². The van der Waals surface area contributed by atoms with Crippen molar-refractivity contribution in [3.05, 3.63) is 21.9 Å². The molecule has 0 saturated carbocycles. The molecule has 3 heteroatoms. The zero-order valence-corrected chi connectivity index (χ0v) is 7.57. The number of halogens is 1. The zero-order valence-electron chi connectivity index (χ0n) is 5.98. The number of nitrogens with zero attached hydrogens (tertiary/aromatic N) is 1. The highest BCUT2D eigenvalue weighted by Gasteiger charge is 2.01. The van der Waals surface area contributed by atoms with Gasteiger partial charge in [0.25, 0.3) is 0 Å². The summed E-state index contributed by atoms with van der Waals surface area (Å²) in [6, 6.07) is 0. The van der Waals surface area contributed by atoms with Crippen molar-refractivity contribution in [2.24, 2.45) is 0 Å². The van der Waals surface area contributed by atoms with Gasteiger partial charge in [0.1, 0.15) is 4.60 Å². The van der Waals surface area contributed by atoms with Crippen molar-refractivity contribution < 1.29 is 0 Å². The first-order chi connectivity index (χ1) is 4.63. The molecule has 0 aliphatic heterocycles. The summed E-state index contributed by atoms with van der Waals surface area (Å²) in [6.07, 6.45) is 1.66. The number of hydrogen-bond acceptors (Lipinski definition) is 2. The molecule has 0 aromatic carbocycles. The fourth-order valence-electron chi connectivity index (χ4n) is 0.691. The van der Waals surface area contributed by atoms with E-state index < -0.39 is 0 Å². The van der Waals surface area contributed by atoms with Gasteiger partial charge in [0.15, 0.2) is 0 Å². The van der Waals surface area contributed by atoms with Crippen molar-refractivity contribution >= 4 is 21.6 Å². The van der Waals surface area contributed by atoms with Crippen LogP contribution in [0.3, 0.4) is 0 Å². The molecule has 2 nitrogen and oxygen atoms in total. The molecule has 0 unspecified atom stereocenters. The maximum atomic E-state index is 5.61. The minimum absolute atomic E-state index is 0.751. The van der Waals surface area contributed by atoms with E-state index in [0.29, 0.717) is 0 Å². The van der Waals surface area contributed by atoms with Crippen LogP contribution in [0.25, 0.3) is 0 Å². The summed E-state index contributed by atoms with van der Waals surface area (Å²) >= 11 is 3.31. The normalized spacial score (nSPS) is 9.90. The lowest BCUT2D eigenvalue weighted by Crippen LogP contribution is -1.94. The van der Waals surface area contributed by atoms with Crippen molar-refractivity contribution in [3.8, 4) is 0 Å². The van der Waals surface area contributed by atoms with Crippen molar-refractivity contribution in [1.82, 2.24) is 4.98 Å². The molecule has 0 aliphatic carbocycles. The molecule has 2 N–H and O–H groups in total. The smallest absolute Gasteiger partial charge is 0.109 e. The number of aromatic nitrogens is 1. The Morgan fingerprint density at radius 2 is 2.00 bits per heavy atom. The van der Waals surface area contributed by atoms with E-state index in [9.17, 15) is 0 Å². The molecule has 1 aromatic rings. The summed E-state index contributed by atoms with van der Waals surface area (Å²) in [5, 5.41) is 0. The van der Waals surface area contributed by atoms with Gasteiger partial charge in [-0.2, -0.15) is 0 Å². The van der Waals surface area contributed by atoms with E-state index in [-0.39, 0.29) is 0 Å². The summed E-state index contributed by atoms with van der Waals surface area (Å²) in [5.41, 5.74) is 8.57. The van der Waals surface area contributed by atoms with Crippen LogP contribution in [0, 0.1) is 13.8 Å². The Balaban J connectivity index is 3.34. The van der Waals surface area contributed by atoms with Gasteiger partial charge in [-0.3, -0.25) is 0 Å². The topological polar surface area (TPSA) is 38.9 Å². The lowest BCUT2D eigenvalue weighted by atomic mass is 10.1. The molecule has 1 rings (SSSR count). The second-order valence-corrected chi connectivity index (χ2v) is 3.01. The number of hydrogen-bond donors (Lipinski definition) is 1. The van der Waals surface area contributed by atoms with Gasteiger partial charge in [0.05, 0.1) is 11.9 Å². The number of pyridine rings is 1. The number of nitrogens with two attached hydrogens (primary N) is 1. The fourth-order valence-corrected chi connectivity index (χ4v) is 1.09. The Bertz CT molecular complexity index is 231. The molecule has 0 saturated heterocycles. The molecule has 0 bridgehead atoms. The fraction of sp³-hybridized carbons (Fsp3) is 0.286. The first kappa shape index (κ1) is 7.54. The molecular weight excluding hydrogens is 192 g/mol. The van der Waals surface area contributed by atoms with Crippen molar-refractivity contribution in [2.45, 2.75) is 13.8 Å². The maximum absolute atomic E-state index is 5.61. The minimum Gasteiger partial charge on any atom is -0.397 e. The molecule has 10 heavy (non-hydrogen) atoms. The van der Waals surface area contributed by atoms with E-state index in [4.69, 9.17) is 5.73 Å². The van der Waals surface area contributed by atoms with Crippen molar-refractivity contribution in [2.75, 3.05) is 5.73 Å². The molecule has 1 aromatic heterocycles. The third-order valence-corrected chi connectivity index (χ3v) is 2.42. The molecule has 0 fully saturated rings. The molecular formula is C7H9BrN2. The van der Waals surface area contributed by atoms with Gasteiger partial charge in [-0.25, -0.2) is 4.98 Å². The first-order valence-electron chi connectivity index (χ1n) is 3.00. The van der Waals surface area contributed by atoms with Gasteiger partial charge >= 0.3 is 0 Å². The van der Waals surface area contributed by atoms with E-state index in [0.717, 1.165) is 21.4 Å². The summed E-state index contributed by atoms with van der Waals surface area (Å²) in [4.78, 5) is 4.03. The minimum atomic E-state index is 0.751. The highest BCUT2D eigenvalue weighted by Crippen LogP contribution is 2.20. The number of nitrogen functional groups attached to an aromatic ring is 1. The highest BCUT2D eigenvalue weighted by molar-refractivity contribution is 9.10. The second kappa shape index (κ2) is 2.58. The standard InChI is InChI=1S/C7H9BrN2/c1-4-5(2)7(8)10-3-6(4)9/h3H,9H2,1-2H3. The Hall–Kier alpha value is -0.570. The van der Waals surface area contributed by atoms with Crippen LogP contribution in [0.2, 0.25) is 0 Å². The summed E-state index contributed by atoms with van der Waals surface area (Å²) in [5.74, 6) is 0. The quantitative estimate of drug-likeness (QED) is 0.652. The van der Waals surface area contributed by atoms with Gasteiger partial charge < -0.3 is 5.73 Å². The molecule has 0 amide bonds. The van der Waals surface area contributed by atoms with Crippen molar-refractivity contribution in [1.29, 1.82) is 0 Å². The Kier molecular flexibility index (Phi) is 1.94. The average molecular weight is 201 g/mol. The SMILES string of the molecule is Cc1c(N)cnc(Br)c1C. The van der Waals surface area contributed by atoms with Gasteiger partial charge in [-0.15, -0.1) is 0 Å². The van der Waals surface area contributed by atoms with Crippen molar-refractivity contribution in [3.63, 3.8) is 0 Å². The molecule has 0 spiro atoms. The molecule has 0 atom stereocenters. The zero-order chi connectivity index (χ0) is 7.72. The molecule has 54 valence electrons. The van der Waals surface area contributed by atoms with Crippen LogP contribution in [0.1, 0.15) is 11.1 Å². The van der Waals surface area contributed by atoms with Gasteiger partial charge in [-0.05, 0) is 40.9 Å². The summed E-state index contributed by atoms with van der Waals surface area (Å²) in [6.45, 7) is 3.97. The largest absolute Gasteiger partial charge is 0.397 e. The monoisotopic (exact) mass is 200 g/mol. The molecule has 0 radical (unpaired) electrons. The molecule has 0 aliphatic rings. The van der Waals surface area contributed by atoms with Crippen LogP contribution in [-0.2, 0) is 0 Å². The number of rotatable bonds is 0. The third-order valence-electron chi connectivity index (χ3n) is 1.62. The lowest BCUT2D eigenvalue weighted by molar-refractivity contribution is 1.18. The van der Waals surface area contributed by atoms with Gasteiger partial charge in [0, 0.05) is 0 Å². The lowest BCUT2D eigenvalue weighted by Gasteiger charge is -2.03. The Morgan fingerprint density at radius 3 is 2.50 bits per heavy atom. The van der Waals surface area contributed by atoms with E-state index in [1.807, 2.05) is 13.8 Å². The van der Waals surface area contributed by atoms with E-state index in [1.54, 1.807) is 6.20 Å². The summed E-state index contributed by atoms with van der Waals surface area (Å²) in [7, 11) is 0. The van der Waals surface area contributed by atoms with Gasteiger partial charge in [0.2, 0.25) is 0 Å². The van der Waals surface area contributed by atoms with Gasteiger partial charge in [-0.1, -0.05) is 0 Å². The highest BCUT2D eigenvalue weighted by atomic mass is 79.9. The first-order valence-corrected chi connectivity index (χ1v) is 3.79. The van der Waals surface area contributed by atoms with E-state index in [2.05, 4.69) is 20.9 Å². The Labute approximate surface area is 68.6 Å². The van der Waals surface area contributed by atoms with E-state index in [1.165, 1.54) is 0 Å². The third kappa shape index (κ3) is 1.14. The number of anilines is 1. The van der Waals surface area contributed by atoms with Crippen LogP contribution < -0.4 is 5.73 Å². The van der Waals surface area contributed by atoms with Crippen LogP contribution in [0.15, 0.2) is 10.8 Å². The summed E-state index contributed by atoms with van der Waals surface area (Å²) < 4.78 is 0.874. The predicted molar refractivity (Wildman–Crippen MR) is 45.8 cm³/mol. The predicted octanol–water partition coefficient (Wildman–Crippen LogP) is 2.04. The maximum Gasteiger partial charge on any atom is 0.109 e. The van der Waals surface area contributed by atoms with E-state index >= 15 is 0 Å². The Morgan fingerprint density at radius 1 is 1.40 bits per heavy atom. The second-order valence-electron chi connectivity index (χ2n) is 2.25. The average Bonchev–Trinajstić information content (AvgIpc) is 1.93.